The van der Waals surface area contributed by atoms with Gasteiger partial charge in [0.1, 0.15) is 17.8 Å². The van der Waals surface area contributed by atoms with Crippen molar-refractivity contribution in [3.63, 3.8) is 0 Å². The third-order valence-corrected chi connectivity index (χ3v) is 1.93. The van der Waals surface area contributed by atoms with Crippen LogP contribution in [0, 0.1) is 0 Å². The highest BCUT2D eigenvalue weighted by Gasteiger charge is 2.13. The summed E-state index contributed by atoms with van der Waals surface area (Å²) < 4.78 is 10.2. The molecule has 0 saturated heterocycles. The molecule has 0 fully saturated rings. The second-order valence-corrected chi connectivity index (χ2v) is 3.08. The van der Waals surface area contributed by atoms with Crippen LogP contribution in [0.25, 0.3) is 0 Å². The SMILES string of the molecule is CC(=O)OC1=COc2ccccc2C1. The number of ether oxygens (including phenoxy) is 2. The van der Waals surface area contributed by atoms with E-state index < -0.39 is 0 Å². The van der Waals surface area contributed by atoms with Gasteiger partial charge in [0, 0.05) is 18.9 Å². The monoisotopic (exact) mass is 190 g/mol. The summed E-state index contributed by atoms with van der Waals surface area (Å²) in [6.07, 6.45) is 2.08. The Morgan fingerprint density at radius 3 is 3.00 bits per heavy atom. The minimum absolute atomic E-state index is 0.320. The molecule has 0 radical (unpaired) electrons. The van der Waals surface area contributed by atoms with E-state index in [2.05, 4.69) is 0 Å². The second kappa shape index (κ2) is 3.54. The minimum atomic E-state index is -0.320. The van der Waals surface area contributed by atoms with Crippen LogP contribution in [0.15, 0.2) is 36.3 Å². The summed E-state index contributed by atoms with van der Waals surface area (Å²) in [5.41, 5.74) is 1.03. The molecule has 1 aromatic rings. The fourth-order valence-electron chi connectivity index (χ4n) is 1.37. The zero-order valence-electron chi connectivity index (χ0n) is 7.82. The Labute approximate surface area is 81.9 Å². The molecule has 0 saturated carbocycles. The lowest BCUT2D eigenvalue weighted by Crippen LogP contribution is -2.08. The van der Waals surface area contributed by atoms with Crippen LogP contribution >= 0.6 is 0 Å². The fourth-order valence-corrected chi connectivity index (χ4v) is 1.37. The third-order valence-electron chi connectivity index (χ3n) is 1.93. The Hall–Kier alpha value is -1.77. The maximum atomic E-state index is 10.7. The van der Waals surface area contributed by atoms with Gasteiger partial charge in [0.2, 0.25) is 0 Å². The van der Waals surface area contributed by atoms with Crippen molar-refractivity contribution in [2.45, 2.75) is 13.3 Å². The molecule has 0 atom stereocenters. The molecule has 3 heteroatoms. The molecule has 14 heavy (non-hydrogen) atoms. The Morgan fingerprint density at radius 1 is 1.43 bits per heavy atom. The molecule has 1 aliphatic rings. The van der Waals surface area contributed by atoms with E-state index in [-0.39, 0.29) is 5.97 Å². The number of allylic oxidation sites excluding steroid dienone is 1. The second-order valence-electron chi connectivity index (χ2n) is 3.08. The van der Waals surface area contributed by atoms with Gasteiger partial charge in [0.05, 0.1) is 0 Å². The predicted molar refractivity (Wildman–Crippen MR) is 50.6 cm³/mol. The average molecular weight is 190 g/mol. The molecule has 3 nitrogen and oxygen atoms in total. The number of benzene rings is 1. The summed E-state index contributed by atoms with van der Waals surface area (Å²) in [7, 11) is 0. The first-order chi connectivity index (χ1) is 6.75. The van der Waals surface area contributed by atoms with Crippen molar-refractivity contribution in [3.8, 4) is 5.75 Å². The fraction of sp³-hybridized carbons (Fsp3) is 0.182. The van der Waals surface area contributed by atoms with E-state index in [0.717, 1.165) is 11.3 Å². The molecule has 0 unspecified atom stereocenters. The Kier molecular flexibility index (Phi) is 2.23. The van der Waals surface area contributed by atoms with Crippen LogP contribution in [0.2, 0.25) is 0 Å². The smallest absolute Gasteiger partial charge is 0.307 e. The van der Waals surface area contributed by atoms with E-state index >= 15 is 0 Å². The third kappa shape index (κ3) is 1.76. The summed E-state index contributed by atoms with van der Waals surface area (Å²) in [4.78, 5) is 10.7. The first-order valence-electron chi connectivity index (χ1n) is 4.38. The lowest BCUT2D eigenvalue weighted by atomic mass is 10.1. The average Bonchev–Trinajstić information content (AvgIpc) is 2.17. The Morgan fingerprint density at radius 2 is 2.21 bits per heavy atom. The van der Waals surface area contributed by atoms with Crippen molar-refractivity contribution in [3.05, 3.63) is 41.9 Å². The maximum Gasteiger partial charge on any atom is 0.307 e. The van der Waals surface area contributed by atoms with Crippen LogP contribution in [0.5, 0.6) is 5.75 Å². The minimum Gasteiger partial charge on any atom is -0.461 e. The van der Waals surface area contributed by atoms with Crippen molar-refractivity contribution in [2.24, 2.45) is 0 Å². The van der Waals surface area contributed by atoms with Crippen molar-refractivity contribution in [1.82, 2.24) is 0 Å². The van der Waals surface area contributed by atoms with Gasteiger partial charge in [-0.3, -0.25) is 4.79 Å². The summed E-state index contributed by atoms with van der Waals surface area (Å²) >= 11 is 0. The first kappa shape index (κ1) is 8.81. The molecule has 0 aromatic heterocycles. The quantitative estimate of drug-likeness (QED) is 0.635. The van der Waals surface area contributed by atoms with Gasteiger partial charge in [0.15, 0.2) is 0 Å². The first-order valence-corrected chi connectivity index (χ1v) is 4.38. The molecule has 1 heterocycles. The zero-order valence-corrected chi connectivity index (χ0v) is 7.82. The molecule has 0 bridgehead atoms. The number of para-hydroxylation sites is 1. The van der Waals surface area contributed by atoms with E-state index in [1.54, 1.807) is 0 Å². The predicted octanol–water partition coefficient (Wildman–Crippen LogP) is 2.03. The molecule has 1 aliphatic heterocycles. The molecule has 72 valence electrons. The van der Waals surface area contributed by atoms with Crippen molar-refractivity contribution in [2.75, 3.05) is 0 Å². The highest BCUT2D eigenvalue weighted by atomic mass is 16.6. The summed E-state index contributed by atoms with van der Waals surface area (Å²) in [6, 6.07) is 7.67. The van der Waals surface area contributed by atoms with Crippen LogP contribution < -0.4 is 4.74 Å². The Balaban J connectivity index is 2.17. The summed E-state index contributed by atoms with van der Waals surface area (Å²) in [5, 5.41) is 0. The number of carbonyl (C=O) groups excluding carboxylic acids is 1. The van der Waals surface area contributed by atoms with Crippen molar-refractivity contribution < 1.29 is 14.3 Å². The lowest BCUT2D eigenvalue weighted by molar-refractivity contribution is -0.137. The maximum absolute atomic E-state index is 10.7. The van der Waals surface area contributed by atoms with Crippen molar-refractivity contribution >= 4 is 5.97 Å². The van der Waals surface area contributed by atoms with Crippen LogP contribution in [-0.4, -0.2) is 5.97 Å². The van der Waals surface area contributed by atoms with Crippen LogP contribution in [0.3, 0.4) is 0 Å². The molecule has 0 amide bonds. The highest BCUT2D eigenvalue weighted by molar-refractivity contribution is 5.67. The largest absolute Gasteiger partial charge is 0.461 e. The van der Waals surface area contributed by atoms with Gasteiger partial charge in [-0.1, -0.05) is 18.2 Å². The Bertz CT molecular complexity index is 393. The zero-order chi connectivity index (χ0) is 9.97. The number of hydrogen-bond acceptors (Lipinski definition) is 3. The van der Waals surface area contributed by atoms with E-state index in [1.165, 1.54) is 13.2 Å². The molecule has 0 spiro atoms. The summed E-state index contributed by atoms with van der Waals surface area (Å²) in [6.45, 7) is 1.38. The van der Waals surface area contributed by atoms with Gasteiger partial charge in [-0.15, -0.1) is 0 Å². The standard InChI is InChI=1S/C11H10O3/c1-8(12)14-10-6-9-4-2-3-5-11(9)13-7-10/h2-5,7H,6H2,1H3. The van der Waals surface area contributed by atoms with Crippen LogP contribution in [-0.2, 0) is 16.0 Å². The van der Waals surface area contributed by atoms with E-state index in [9.17, 15) is 4.79 Å². The number of rotatable bonds is 1. The molecule has 0 N–H and O–H groups in total. The normalized spacial score (nSPS) is 13.6. The highest BCUT2D eigenvalue weighted by Crippen LogP contribution is 2.26. The van der Waals surface area contributed by atoms with E-state index in [4.69, 9.17) is 9.47 Å². The van der Waals surface area contributed by atoms with Gasteiger partial charge in [-0.05, 0) is 6.07 Å². The molecule has 0 aliphatic carbocycles. The van der Waals surface area contributed by atoms with Crippen LogP contribution in [0.1, 0.15) is 12.5 Å². The van der Waals surface area contributed by atoms with Crippen LogP contribution in [0.4, 0.5) is 0 Å². The van der Waals surface area contributed by atoms with Crippen molar-refractivity contribution in [1.29, 1.82) is 0 Å². The number of carbonyl (C=O) groups is 1. The van der Waals surface area contributed by atoms with E-state index in [1.807, 2.05) is 24.3 Å². The number of esters is 1. The topological polar surface area (TPSA) is 35.5 Å². The number of fused-ring (bicyclic) bond motifs is 1. The van der Waals surface area contributed by atoms with E-state index in [0.29, 0.717) is 12.2 Å². The number of hydrogen-bond donors (Lipinski definition) is 0. The lowest BCUT2D eigenvalue weighted by Gasteiger charge is -2.15. The summed E-state index contributed by atoms with van der Waals surface area (Å²) in [5.74, 6) is 1.05. The van der Waals surface area contributed by atoms with Gasteiger partial charge in [0.25, 0.3) is 0 Å². The van der Waals surface area contributed by atoms with Gasteiger partial charge in [-0.25, -0.2) is 0 Å². The molecule has 1 aromatic carbocycles. The van der Waals surface area contributed by atoms with Gasteiger partial charge in [-0.2, -0.15) is 0 Å². The molecular formula is C11H10O3. The van der Waals surface area contributed by atoms with Gasteiger partial charge >= 0.3 is 5.97 Å². The molecular weight excluding hydrogens is 180 g/mol. The van der Waals surface area contributed by atoms with Gasteiger partial charge < -0.3 is 9.47 Å². The molecule has 2 rings (SSSR count).